The zero-order valence-corrected chi connectivity index (χ0v) is 9.90. The highest BCUT2D eigenvalue weighted by atomic mass is 35.5. The van der Waals surface area contributed by atoms with E-state index < -0.39 is 0 Å². The van der Waals surface area contributed by atoms with Crippen LogP contribution >= 0.6 is 22.9 Å². The number of halogens is 1. The maximum Gasteiger partial charge on any atom is 0.152 e. The van der Waals surface area contributed by atoms with Crippen LogP contribution in [0.3, 0.4) is 0 Å². The molecule has 0 radical (unpaired) electrons. The quantitative estimate of drug-likeness (QED) is 0.707. The van der Waals surface area contributed by atoms with Gasteiger partial charge in [-0.3, -0.25) is 0 Å². The molecule has 78 valence electrons. The number of rotatable bonds is 0. The second kappa shape index (κ2) is 3.40. The average molecular weight is 240 g/mol. The van der Waals surface area contributed by atoms with Gasteiger partial charge in [-0.2, -0.15) is 0 Å². The summed E-state index contributed by atoms with van der Waals surface area (Å²) in [7, 11) is 2.14. The van der Waals surface area contributed by atoms with Crippen LogP contribution < -0.4 is 0 Å². The molecule has 3 rings (SSSR count). The SMILES string of the molecule is CN1CCc2sc3nnc(Cl)cc3c2C1. The van der Waals surface area contributed by atoms with E-state index in [1.807, 2.05) is 6.07 Å². The Labute approximate surface area is 96.7 Å². The van der Waals surface area contributed by atoms with Gasteiger partial charge in [-0.05, 0) is 25.1 Å². The minimum absolute atomic E-state index is 0.483. The Bertz CT molecular complexity index is 523. The molecule has 0 N–H and O–H groups in total. The number of fused-ring (bicyclic) bond motifs is 3. The summed E-state index contributed by atoms with van der Waals surface area (Å²) in [6.45, 7) is 2.12. The Morgan fingerprint density at radius 2 is 2.33 bits per heavy atom. The monoisotopic (exact) mass is 239 g/mol. The van der Waals surface area contributed by atoms with Crippen LogP contribution in [0.25, 0.3) is 10.2 Å². The summed E-state index contributed by atoms with van der Waals surface area (Å²) in [6, 6.07) is 1.93. The van der Waals surface area contributed by atoms with E-state index in [4.69, 9.17) is 11.6 Å². The fourth-order valence-corrected chi connectivity index (χ4v) is 3.24. The van der Waals surface area contributed by atoms with E-state index in [9.17, 15) is 0 Å². The average Bonchev–Trinajstić information content (AvgIpc) is 2.56. The normalized spacial score (nSPS) is 16.9. The van der Waals surface area contributed by atoms with E-state index in [1.165, 1.54) is 15.8 Å². The molecule has 3 heterocycles. The lowest BCUT2D eigenvalue weighted by atomic mass is 10.1. The van der Waals surface area contributed by atoms with Gasteiger partial charge in [-0.1, -0.05) is 11.6 Å². The highest BCUT2D eigenvalue weighted by molar-refractivity contribution is 7.18. The summed E-state index contributed by atoms with van der Waals surface area (Å²) in [4.78, 5) is 4.78. The molecule has 2 aromatic rings. The van der Waals surface area contributed by atoms with Crippen LogP contribution in [0.1, 0.15) is 10.4 Å². The highest BCUT2D eigenvalue weighted by Gasteiger charge is 2.19. The van der Waals surface area contributed by atoms with Crippen LogP contribution in [0.5, 0.6) is 0 Å². The lowest BCUT2D eigenvalue weighted by Gasteiger charge is -2.22. The summed E-state index contributed by atoms with van der Waals surface area (Å²) < 4.78 is 0. The van der Waals surface area contributed by atoms with Crippen molar-refractivity contribution in [3.8, 4) is 0 Å². The van der Waals surface area contributed by atoms with Gasteiger partial charge in [0, 0.05) is 23.4 Å². The number of hydrogen-bond donors (Lipinski definition) is 0. The molecule has 1 aliphatic rings. The van der Waals surface area contributed by atoms with Crippen LogP contribution in [-0.2, 0) is 13.0 Å². The number of likely N-dealkylation sites (N-methyl/N-ethyl adjacent to an activating group) is 1. The molecule has 0 saturated heterocycles. The van der Waals surface area contributed by atoms with E-state index in [0.29, 0.717) is 5.15 Å². The Kier molecular flexibility index (Phi) is 2.16. The van der Waals surface area contributed by atoms with Gasteiger partial charge in [-0.15, -0.1) is 21.5 Å². The van der Waals surface area contributed by atoms with Crippen LogP contribution in [-0.4, -0.2) is 28.7 Å². The smallest absolute Gasteiger partial charge is 0.152 e. The maximum atomic E-state index is 5.87. The van der Waals surface area contributed by atoms with Gasteiger partial charge in [0.1, 0.15) is 4.83 Å². The van der Waals surface area contributed by atoms with Crippen LogP contribution in [0.4, 0.5) is 0 Å². The molecule has 0 aliphatic carbocycles. The predicted molar refractivity (Wildman–Crippen MR) is 62.5 cm³/mol. The molecule has 0 saturated carbocycles. The lowest BCUT2D eigenvalue weighted by Crippen LogP contribution is -2.25. The zero-order valence-electron chi connectivity index (χ0n) is 8.33. The molecular weight excluding hydrogens is 230 g/mol. The molecule has 2 aromatic heterocycles. The molecule has 0 spiro atoms. The van der Waals surface area contributed by atoms with Crippen molar-refractivity contribution in [2.75, 3.05) is 13.6 Å². The van der Waals surface area contributed by atoms with Gasteiger partial charge < -0.3 is 4.90 Å². The molecule has 15 heavy (non-hydrogen) atoms. The first kappa shape index (κ1) is 9.51. The molecule has 1 aliphatic heterocycles. The fraction of sp³-hybridized carbons (Fsp3) is 0.400. The van der Waals surface area contributed by atoms with Crippen molar-refractivity contribution >= 4 is 33.2 Å². The molecule has 0 atom stereocenters. The molecule has 3 nitrogen and oxygen atoms in total. The molecule has 0 aromatic carbocycles. The van der Waals surface area contributed by atoms with E-state index in [-0.39, 0.29) is 0 Å². The third kappa shape index (κ3) is 1.53. The number of hydrogen-bond acceptors (Lipinski definition) is 4. The van der Waals surface area contributed by atoms with Crippen molar-refractivity contribution < 1.29 is 0 Å². The van der Waals surface area contributed by atoms with E-state index >= 15 is 0 Å². The number of nitrogens with zero attached hydrogens (tertiary/aromatic N) is 3. The van der Waals surface area contributed by atoms with Gasteiger partial charge in [0.15, 0.2) is 5.15 Å². The Balaban J connectivity index is 2.25. The Morgan fingerprint density at radius 3 is 3.20 bits per heavy atom. The van der Waals surface area contributed by atoms with Gasteiger partial charge in [0.25, 0.3) is 0 Å². The summed E-state index contributed by atoms with van der Waals surface area (Å²) in [6.07, 6.45) is 1.12. The fourth-order valence-electron chi connectivity index (χ4n) is 1.99. The summed E-state index contributed by atoms with van der Waals surface area (Å²) in [5.41, 5.74) is 1.39. The molecular formula is C10H10ClN3S. The first-order chi connectivity index (χ1) is 7.24. The topological polar surface area (TPSA) is 29.0 Å². The van der Waals surface area contributed by atoms with E-state index in [0.717, 1.165) is 24.3 Å². The molecule has 0 unspecified atom stereocenters. The third-order valence-corrected chi connectivity index (χ3v) is 4.14. The van der Waals surface area contributed by atoms with Crippen LogP contribution in [0, 0.1) is 0 Å². The van der Waals surface area contributed by atoms with Crippen molar-refractivity contribution in [3.05, 3.63) is 21.7 Å². The first-order valence-electron chi connectivity index (χ1n) is 4.86. The summed E-state index contributed by atoms with van der Waals surface area (Å²) >= 11 is 7.62. The minimum Gasteiger partial charge on any atom is -0.302 e. The number of aromatic nitrogens is 2. The Morgan fingerprint density at radius 1 is 1.47 bits per heavy atom. The maximum absolute atomic E-state index is 5.87. The predicted octanol–water partition coefficient (Wildman–Crippen LogP) is 2.33. The largest absolute Gasteiger partial charge is 0.302 e. The van der Waals surface area contributed by atoms with Crippen molar-refractivity contribution in [2.45, 2.75) is 13.0 Å². The zero-order chi connectivity index (χ0) is 10.4. The second-order valence-corrected chi connectivity index (χ2v) is 5.35. The van der Waals surface area contributed by atoms with Crippen LogP contribution in [0.2, 0.25) is 5.15 Å². The van der Waals surface area contributed by atoms with Crippen molar-refractivity contribution in [1.82, 2.24) is 15.1 Å². The summed E-state index contributed by atoms with van der Waals surface area (Å²) in [5.74, 6) is 0. The number of thiophene rings is 1. The second-order valence-electron chi connectivity index (χ2n) is 3.88. The third-order valence-electron chi connectivity index (χ3n) is 2.76. The van der Waals surface area contributed by atoms with E-state index in [2.05, 4.69) is 22.1 Å². The lowest BCUT2D eigenvalue weighted by molar-refractivity contribution is 0.317. The van der Waals surface area contributed by atoms with Gasteiger partial charge in [0.2, 0.25) is 0 Å². The Hall–Kier alpha value is -0.710. The van der Waals surface area contributed by atoms with Gasteiger partial charge in [0.05, 0.1) is 0 Å². The van der Waals surface area contributed by atoms with Gasteiger partial charge in [-0.25, -0.2) is 0 Å². The molecule has 0 fully saturated rings. The first-order valence-corrected chi connectivity index (χ1v) is 6.05. The molecule has 0 amide bonds. The van der Waals surface area contributed by atoms with Crippen LogP contribution in [0.15, 0.2) is 6.07 Å². The summed E-state index contributed by atoms with van der Waals surface area (Å²) in [5, 5.41) is 9.68. The van der Waals surface area contributed by atoms with Gasteiger partial charge >= 0.3 is 0 Å². The van der Waals surface area contributed by atoms with Crippen molar-refractivity contribution in [3.63, 3.8) is 0 Å². The highest BCUT2D eigenvalue weighted by Crippen LogP contribution is 2.34. The van der Waals surface area contributed by atoms with Crippen molar-refractivity contribution in [1.29, 1.82) is 0 Å². The standard InChI is InChI=1S/C10H10ClN3S/c1-14-3-2-8-7(5-14)6-4-9(11)12-13-10(6)15-8/h4H,2-3,5H2,1H3. The minimum atomic E-state index is 0.483. The van der Waals surface area contributed by atoms with E-state index in [1.54, 1.807) is 11.3 Å². The molecule has 5 heteroatoms. The van der Waals surface area contributed by atoms with Crippen molar-refractivity contribution in [2.24, 2.45) is 0 Å². The molecule has 0 bridgehead atoms.